The first-order chi connectivity index (χ1) is 15.6. The number of carbonyl (C=O) groups is 2. The molecule has 0 saturated heterocycles. The van der Waals surface area contributed by atoms with Crippen molar-refractivity contribution in [2.45, 2.75) is 13.0 Å². The number of nitrogens with one attached hydrogen (secondary N) is 1. The first-order valence-corrected chi connectivity index (χ1v) is 12.0. The van der Waals surface area contributed by atoms with Crippen LogP contribution in [0, 0.1) is 11.6 Å². The number of Topliss-reactive ketones (excluding diaryl/α,β-unsaturated/α-hetero) is 1. The number of amides is 1. The van der Waals surface area contributed by atoms with E-state index in [-0.39, 0.29) is 34.6 Å². The van der Waals surface area contributed by atoms with E-state index < -0.39 is 34.1 Å². The molecule has 0 unspecified atom stereocenters. The summed E-state index contributed by atoms with van der Waals surface area (Å²) in [6.45, 7) is -0.430. The summed E-state index contributed by atoms with van der Waals surface area (Å²) in [5, 5.41) is 0.667. The van der Waals surface area contributed by atoms with Crippen LogP contribution in [-0.2, 0) is 21.4 Å². The third-order valence-electron chi connectivity index (χ3n) is 5.17. The fourth-order valence-electron chi connectivity index (χ4n) is 3.82. The van der Waals surface area contributed by atoms with E-state index in [4.69, 9.17) is 11.6 Å². The number of carbonyl (C=O) groups excluding carboxylic acids is 2. The van der Waals surface area contributed by atoms with Crippen LogP contribution in [0.3, 0.4) is 0 Å². The fourth-order valence-corrected chi connectivity index (χ4v) is 4.43. The summed E-state index contributed by atoms with van der Waals surface area (Å²) in [6, 6.07) is 7.95. The molecule has 2 aromatic carbocycles. The molecule has 6 nitrogen and oxygen atoms in total. The number of rotatable bonds is 5. The van der Waals surface area contributed by atoms with Crippen LogP contribution in [-0.4, -0.2) is 30.9 Å². The van der Waals surface area contributed by atoms with Crippen LogP contribution in [0.2, 0.25) is 5.02 Å². The Hall–Kier alpha value is -3.30. The molecule has 1 aliphatic rings. The van der Waals surface area contributed by atoms with E-state index in [0.717, 1.165) is 18.4 Å². The van der Waals surface area contributed by atoms with Gasteiger partial charge in [0.2, 0.25) is 10.0 Å². The standard InChI is InChI=1S/C23H17ClF2N2O4S/c1-33(31,32)27-23(30)22-21(14-5-2-3-8-20(14)29)15-11-13(24)9-10-19(15)28(22)12-16-17(25)6-4-7-18(16)26/h2-7,9-11H,8,12H2,1H3,(H,27,30). The molecule has 1 aliphatic carbocycles. The van der Waals surface area contributed by atoms with Gasteiger partial charge in [-0.1, -0.05) is 35.9 Å². The van der Waals surface area contributed by atoms with Gasteiger partial charge in [0.25, 0.3) is 5.91 Å². The van der Waals surface area contributed by atoms with E-state index in [9.17, 15) is 26.8 Å². The lowest BCUT2D eigenvalue weighted by Crippen LogP contribution is -2.32. The van der Waals surface area contributed by atoms with Crippen molar-refractivity contribution in [3.63, 3.8) is 0 Å². The second-order valence-electron chi connectivity index (χ2n) is 7.51. The van der Waals surface area contributed by atoms with Gasteiger partial charge in [0.15, 0.2) is 5.78 Å². The molecular weight excluding hydrogens is 474 g/mol. The van der Waals surface area contributed by atoms with Crippen LogP contribution in [0.4, 0.5) is 8.78 Å². The van der Waals surface area contributed by atoms with Crippen LogP contribution in [0.5, 0.6) is 0 Å². The number of hydrogen-bond donors (Lipinski definition) is 1. The first-order valence-electron chi connectivity index (χ1n) is 9.74. The van der Waals surface area contributed by atoms with Gasteiger partial charge in [-0.3, -0.25) is 9.59 Å². The fraction of sp³-hybridized carbons (Fsp3) is 0.130. The monoisotopic (exact) mass is 490 g/mol. The Balaban J connectivity index is 2.08. The van der Waals surface area contributed by atoms with Crippen molar-refractivity contribution < 1.29 is 26.8 Å². The van der Waals surface area contributed by atoms with E-state index in [2.05, 4.69) is 0 Å². The molecule has 4 rings (SSSR count). The van der Waals surface area contributed by atoms with E-state index in [1.165, 1.54) is 28.8 Å². The average molecular weight is 491 g/mol. The van der Waals surface area contributed by atoms with E-state index in [0.29, 0.717) is 15.9 Å². The third kappa shape index (κ3) is 4.46. The van der Waals surface area contributed by atoms with E-state index in [1.54, 1.807) is 18.2 Å². The number of benzene rings is 2. The molecule has 10 heteroatoms. The molecule has 1 aromatic heterocycles. The topological polar surface area (TPSA) is 85.2 Å². The van der Waals surface area contributed by atoms with Gasteiger partial charge in [0.05, 0.1) is 12.8 Å². The van der Waals surface area contributed by atoms with E-state index in [1.807, 2.05) is 4.72 Å². The van der Waals surface area contributed by atoms with Gasteiger partial charge in [-0.05, 0) is 30.3 Å². The Morgan fingerprint density at radius 1 is 1.18 bits per heavy atom. The Bertz CT molecular complexity index is 1470. The number of allylic oxidation sites excluding steroid dienone is 4. The largest absolute Gasteiger partial charge is 0.331 e. The predicted molar refractivity (Wildman–Crippen MR) is 121 cm³/mol. The molecule has 170 valence electrons. The highest BCUT2D eigenvalue weighted by Gasteiger charge is 2.30. The van der Waals surface area contributed by atoms with Crippen LogP contribution in [0.25, 0.3) is 16.5 Å². The van der Waals surface area contributed by atoms with Gasteiger partial charge >= 0.3 is 0 Å². The lowest BCUT2D eigenvalue weighted by Gasteiger charge is -2.14. The third-order valence-corrected chi connectivity index (χ3v) is 5.96. The number of nitrogens with zero attached hydrogens (tertiary/aromatic N) is 1. The van der Waals surface area contributed by atoms with Crippen molar-refractivity contribution in [2.24, 2.45) is 0 Å². The Kier molecular flexibility index (Phi) is 5.94. The molecule has 0 saturated carbocycles. The van der Waals surface area contributed by atoms with Crippen molar-refractivity contribution in [1.82, 2.24) is 9.29 Å². The lowest BCUT2D eigenvalue weighted by atomic mass is 9.93. The smallest absolute Gasteiger partial charge is 0.282 e. The lowest BCUT2D eigenvalue weighted by molar-refractivity contribution is -0.113. The molecule has 1 amide bonds. The molecule has 0 atom stereocenters. The highest BCUT2D eigenvalue weighted by Crippen LogP contribution is 2.36. The number of fused-ring (bicyclic) bond motifs is 1. The zero-order chi connectivity index (χ0) is 23.9. The number of aromatic nitrogens is 1. The van der Waals surface area contributed by atoms with Crippen molar-refractivity contribution in [2.75, 3.05) is 6.26 Å². The van der Waals surface area contributed by atoms with Crippen LogP contribution >= 0.6 is 11.6 Å². The Labute approximate surface area is 193 Å². The van der Waals surface area contributed by atoms with Gasteiger partial charge in [-0.25, -0.2) is 21.9 Å². The summed E-state index contributed by atoms with van der Waals surface area (Å²) < 4.78 is 55.8. The van der Waals surface area contributed by atoms with Crippen LogP contribution in [0.1, 0.15) is 28.0 Å². The summed E-state index contributed by atoms with van der Waals surface area (Å²) in [7, 11) is -3.99. The molecule has 0 radical (unpaired) electrons. The normalized spacial score (nSPS) is 13.9. The minimum Gasteiger partial charge on any atom is -0.331 e. The highest BCUT2D eigenvalue weighted by atomic mass is 35.5. The summed E-state index contributed by atoms with van der Waals surface area (Å²) in [6.07, 6.45) is 5.67. The molecular formula is C23H17ClF2N2O4S. The number of hydrogen-bond acceptors (Lipinski definition) is 4. The molecule has 1 heterocycles. The minimum absolute atomic E-state index is 0.0775. The van der Waals surface area contributed by atoms with Crippen LogP contribution in [0.15, 0.2) is 54.6 Å². The van der Waals surface area contributed by atoms with E-state index >= 15 is 0 Å². The van der Waals surface area contributed by atoms with Crippen molar-refractivity contribution >= 4 is 49.8 Å². The molecule has 1 N–H and O–H groups in total. The second kappa shape index (κ2) is 8.57. The van der Waals surface area contributed by atoms with Gasteiger partial charge in [-0.2, -0.15) is 0 Å². The molecule has 33 heavy (non-hydrogen) atoms. The second-order valence-corrected chi connectivity index (χ2v) is 9.70. The number of ketones is 1. The van der Waals surface area contributed by atoms with Crippen molar-refractivity contribution in [3.05, 3.63) is 88.1 Å². The zero-order valence-electron chi connectivity index (χ0n) is 17.2. The van der Waals surface area contributed by atoms with Gasteiger partial charge in [0.1, 0.15) is 17.3 Å². The summed E-state index contributed by atoms with van der Waals surface area (Å²) in [5.74, 6) is -3.02. The summed E-state index contributed by atoms with van der Waals surface area (Å²) >= 11 is 6.18. The summed E-state index contributed by atoms with van der Waals surface area (Å²) in [5.41, 5.74) is 0.0956. The maximum Gasteiger partial charge on any atom is 0.282 e. The summed E-state index contributed by atoms with van der Waals surface area (Å²) in [4.78, 5) is 25.9. The maximum absolute atomic E-state index is 14.5. The average Bonchev–Trinajstić information content (AvgIpc) is 3.03. The maximum atomic E-state index is 14.5. The highest BCUT2D eigenvalue weighted by molar-refractivity contribution is 7.89. The minimum atomic E-state index is -3.99. The Morgan fingerprint density at radius 3 is 2.52 bits per heavy atom. The predicted octanol–water partition coefficient (Wildman–Crippen LogP) is 4.22. The number of sulfonamides is 1. The van der Waals surface area contributed by atoms with Crippen molar-refractivity contribution in [3.8, 4) is 0 Å². The van der Waals surface area contributed by atoms with Crippen molar-refractivity contribution in [1.29, 1.82) is 0 Å². The van der Waals surface area contributed by atoms with Gasteiger partial charge < -0.3 is 4.57 Å². The molecule has 0 fully saturated rings. The molecule has 0 bridgehead atoms. The SMILES string of the molecule is CS(=O)(=O)NC(=O)c1c(C2=CC=CCC2=O)c2cc(Cl)ccc2n1Cc1c(F)cccc1F. The first kappa shape index (κ1) is 22.9. The van der Waals surface area contributed by atoms with Crippen LogP contribution < -0.4 is 4.72 Å². The number of halogens is 3. The van der Waals surface area contributed by atoms with Gasteiger partial charge in [0, 0.05) is 39.0 Å². The molecule has 3 aromatic rings. The Morgan fingerprint density at radius 2 is 1.88 bits per heavy atom. The molecule has 0 aliphatic heterocycles. The van der Waals surface area contributed by atoms with Gasteiger partial charge in [-0.15, -0.1) is 0 Å². The zero-order valence-corrected chi connectivity index (χ0v) is 18.8. The molecule has 0 spiro atoms. The quantitative estimate of drug-likeness (QED) is 0.580.